The molecule has 2 amide bonds. The van der Waals surface area contributed by atoms with Crippen LogP contribution in [0.2, 0.25) is 0 Å². The Balaban J connectivity index is 2.35. The molecule has 0 aliphatic carbocycles. The van der Waals surface area contributed by atoms with Crippen LogP contribution >= 0.6 is 0 Å². The molecule has 1 heterocycles. The van der Waals surface area contributed by atoms with E-state index in [0.29, 0.717) is 13.2 Å². The van der Waals surface area contributed by atoms with Gasteiger partial charge in [-0.1, -0.05) is 6.92 Å². The van der Waals surface area contributed by atoms with Crippen molar-refractivity contribution in [2.45, 2.75) is 26.2 Å². The average molecular weight is 285 g/mol. The fourth-order valence-electron chi connectivity index (χ4n) is 2.44. The molecule has 0 saturated carbocycles. The molecule has 20 heavy (non-hydrogen) atoms. The lowest BCUT2D eigenvalue weighted by Gasteiger charge is -2.35. The zero-order valence-corrected chi connectivity index (χ0v) is 12.8. The first kappa shape index (κ1) is 16.9. The van der Waals surface area contributed by atoms with Crippen LogP contribution in [-0.2, 0) is 14.3 Å². The number of hydrogen-bond donors (Lipinski definition) is 2. The predicted octanol–water partition coefficient (Wildman–Crippen LogP) is -0.0128. The molecule has 1 fully saturated rings. The van der Waals surface area contributed by atoms with Crippen molar-refractivity contribution in [2.24, 2.45) is 5.41 Å². The molecule has 0 aromatic rings. The summed E-state index contributed by atoms with van der Waals surface area (Å²) < 4.78 is 4.91. The van der Waals surface area contributed by atoms with Gasteiger partial charge in [0.05, 0.1) is 6.54 Å². The molecule has 1 rings (SSSR count). The topological polar surface area (TPSA) is 70.7 Å². The third kappa shape index (κ3) is 5.09. The summed E-state index contributed by atoms with van der Waals surface area (Å²) in [4.78, 5) is 25.7. The van der Waals surface area contributed by atoms with E-state index in [0.717, 1.165) is 32.4 Å². The van der Waals surface area contributed by atoms with Crippen molar-refractivity contribution in [3.63, 3.8) is 0 Å². The molecule has 6 nitrogen and oxygen atoms in total. The largest absolute Gasteiger partial charge is 0.385 e. The lowest BCUT2D eigenvalue weighted by atomic mass is 9.80. The molecule has 1 saturated heterocycles. The zero-order valence-electron chi connectivity index (χ0n) is 12.8. The highest BCUT2D eigenvalue weighted by atomic mass is 16.5. The molecular weight excluding hydrogens is 258 g/mol. The minimum Gasteiger partial charge on any atom is -0.385 e. The van der Waals surface area contributed by atoms with Gasteiger partial charge in [-0.3, -0.25) is 9.59 Å². The van der Waals surface area contributed by atoms with Crippen molar-refractivity contribution in [3.8, 4) is 0 Å². The Morgan fingerprint density at radius 3 is 2.60 bits per heavy atom. The molecule has 0 spiro atoms. The Morgan fingerprint density at radius 1 is 1.35 bits per heavy atom. The number of amides is 2. The molecule has 0 atom stereocenters. The second kappa shape index (κ2) is 8.21. The zero-order chi connectivity index (χ0) is 15.0. The number of nitrogens with one attached hydrogen (secondary N) is 2. The van der Waals surface area contributed by atoms with Gasteiger partial charge in [0.2, 0.25) is 11.8 Å². The van der Waals surface area contributed by atoms with Gasteiger partial charge in [0.25, 0.3) is 0 Å². The van der Waals surface area contributed by atoms with Gasteiger partial charge in [0.15, 0.2) is 0 Å². The van der Waals surface area contributed by atoms with Crippen molar-refractivity contribution in [2.75, 3.05) is 46.9 Å². The van der Waals surface area contributed by atoms with E-state index in [-0.39, 0.29) is 23.8 Å². The van der Waals surface area contributed by atoms with Crippen LogP contribution in [0.15, 0.2) is 0 Å². The van der Waals surface area contributed by atoms with E-state index in [9.17, 15) is 9.59 Å². The summed E-state index contributed by atoms with van der Waals surface area (Å²) in [5, 5.41) is 6.05. The van der Waals surface area contributed by atoms with E-state index in [2.05, 4.69) is 10.6 Å². The average Bonchev–Trinajstić information content (AvgIpc) is 2.43. The molecule has 0 unspecified atom stereocenters. The molecule has 6 heteroatoms. The minimum absolute atomic E-state index is 0.0611. The molecule has 0 aromatic heterocycles. The van der Waals surface area contributed by atoms with Crippen LogP contribution < -0.4 is 10.6 Å². The fourth-order valence-corrected chi connectivity index (χ4v) is 2.44. The standard InChI is InChI=1S/C14H27N3O3/c1-14(5-8-15-9-6-14)13(19)17(2)11-12(18)16-7-4-10-20-3/h15H,4-11H2,1-3H3,(H,16,18). The summed E-state index contributed by atoms with van der Waals surface area (Å²) in [7, 11) is 3.33. The molecule has 116 valence electrons. The Labute approximate surface area is 121 Å². The minimum atomic E-state index is -0.337. The van der Waals surface area contributed by atoms with Crippen molar-refractivity contribution in [1.82, 2.24) is 15.5 Å². The van der Waals surface area contributed by atoms with Crippen molar-refractivity contribution >= 4 is 11.8 Å². The van der Waals surface area contributed by atoms with Gasteiger partial charge in [-0.05, 0) is 32.4 Å². The summed E-state index contributed by atoms with van der Waals surface area (Å²) in [5.74, 6) is -0.0551. The molecule has 1 aliphatic rings. The number of carbonyl (C=O) groups is 2. The smallest absolute Gasteiger partial charge is 0.239 e. The summed E-state index contributed by atoms with van der Waals surface area (Å²) in [6, 6.07) is 0. The second-order valence-electron chi connectivity index (χ2n) is 5.67. The van der Waals surface area contributed by atoms with E-state index in [4.69, 9.17) is 4.74 Å². The van der Waals surface area contributed by atoms with Gasteiger partial charge >= 0.3 is 0 Å². The maximum Gasteiger partial charge on any atom is 0.239 e. The van der Waals surface area contributed by atoms with Crippen LogP contribution in [0, 0.1) is 5.41 Å². The third-order valence-electron chi connectivity index (χ3n) is 3.80. The number of piperidine rings is 1. The van der Waals surface area contributed by atoms with Gasteiger partial charge in [-0.15, -0.1) is 0 Å². The molecular formula is C14H27N3O3. The third-order valence-corrected chi connectivity index (χ3v) is 3.80. The Morgan fingerprint density at radius 2 is 2.00 bits per heavy atom. The van der Waals surface area contributed by atoms with Crippen molar-refractivity contribution < 1.29 is 14.3 Å². The van der Waals surface area contributed by atoms with Gasteiger partial charge in [-0.2, -0.15) is 0 Å². The van der Waals surface area contributed by atoms with Gasteiger partial charge in [-0.25, -0.2) is 0 Å². The maximum atomic E-state index is 12.4. The Kier molecular flexibility index (Phi) is 6.95. The maximum absolute atomic E-state index is 12.4. The van der Waals surface area contributed by atoms with Crippen LogP contribution in [0.5, 0.6) is 0 Å². The highest BCUT2D eigenvalue weighted by molar-refractivity contribution is 5.87. The first-order chi connectivity index (χ1) is 9.49. The lowest BCUT2D eigenvalue weighted by Crippen LogP contribution is -2.49. The number of methoxy groups -OCH3 is 1. The van der Waals surface area contributed by atoms with Crippen LogP contribution in [0.1, 0.15) is 26.2 Å². The highest BCUT2D eigenvalue weighted by Crippen LogP contribution is 2.29. The van der Waals surface area contributed by atoms with Crippen molar-refractivity contribution in [1.29, 1.82) is 0 Å². The summed E-state index contributed by atoms with van der Waals surface area (Å²) in [6.45, 7) is 5.03. The highest BCUT2D eigenvalue weighted by Gasteiger charge is 2.36. The number of nitrogens with zero attached hydrogens (tertiary/aromatic N) is 1. The van der Waals surface area contributed by atoms with E-state index < -0.39 is 0 Å². The quantitative estimate of drug-likeness (QED) is 0.645. The Hall–Kier alpha value is -1.14. The normalized spacial score (nSPS) is 17.6. The van der Waals surface area contributed by atoms with Crippen LogP contribution in [-0.4, -0.2) is 63.7 Å². The molecule has 0 bridgehead atoms. The first-order valence-corrected chi connectivity index (χ1v) is 7.21. The second-order valence-corrected chi connectivity index (χ2v) is 5.67. The summed E-state index contributed by atoms with van der Waals surface area (Å²) >= 11 is 0. The van der Waals surface area contributed by atoms with E-state index in [1.807, 2.05) is 6.92 Å². The van der Waals surface area contributed by atoms with Gasteiger partial charge in [0, 0.05) is 32.7 Å². The van der Waals surface area contributed by atoms with Crippen LogP contribution in [0.4, 0.5) is 0 Å². The monoisotopic (exact) mass is 285 g/mol. The predicted molar refractivity (Wildman–Crippen MR) is 77.4 cm³/mol. The molecule has 1 aliphatic heterocycles. The molecule has 0 radical (unpaired) electrons. The summed E-state index contributed by atoms with van der Waals surface area (Å²) in [6.07, 6.45) is 2.43. The SMILES string of the molecule is COCCCNC(=O)CN(C)C(=O)C1(C)CCNCC1. The fraction of sp³-hybridized carbons (Fsp3) is 0.857. The van der Waals surface area contributed by atoms with E-state index in [1.165, 1.54) is 4.90 Å². The van der Waals surface area contributed by atoms with E-state index in [1.54, 1.807) is 14.2 Å². The van der Waals surface area contributed by atoms with Crippen LogP contribution in [0.3, 0.4) is 0 Å². The van der Waals surface area contributed by atoms with Gasteiger partial charge < -0.3 is 20.3 Å². The van der Waals surface area contributed by atoms with E-state index >= 15 is 0 Å². The number of likely N-dealkylation sites (N-methyl/N-ethyl adjacent to an activating group) is 1. The number of ether oxygens (including phenoxy) is 1. The first-order valence-electron chi connectivity index (χ1n) is 7.21. The number of carbonyl (C=O) groups excluding carboxylic acids is 2. The summed E-state index contributed by atoms with van der Waals surface area (Å²) in [5.41, 5.74) is -0.337. The number of rotatable bonds is 7. The Bertz CT molecular complexity index is 328. The molecule has 0 aromatic carbocycles. The van der Waals surface area contributed by atoms with Crippen molar-refractivity contribution in [3.05, 3.63) is 0 Å². The van der Waals surface area contributed by atoms with Crippen LogP contribution in [0.25, 0.3) is 0 Å². The molecule has 2 N–H and O–H groups in total. The number of hydrogen-bond acceptors (Lipinski definition) is 4. The van der Waals surface area contributed by atoms with Gasteiger partial charge in [0.1, 0.15) is 0 Å². The lowest BCUT2D eigenvalue weighted by molar-refractivity contribution is -0.144.